The number of carbonyl (C=O) groups excluding carboxylic acids is 2. The van der Waals surface area contributed by atoms with E-state index in [2.05, 4.69) is 100 Å². The molecule has 0 aromatic heterocycles. The van der Waals surface area contributed by atoms with Gasteiger partial charge in [-0.3, -0.25) is 9.63 Å². The first-order valence-corrected chi connectivity index (χ1v) is 19.0. The quantitative estimate of drug-likeness (QED) is 0.213. The molecule has 8 nitrogen and oxygen atoms in total. The zero-order valence-corrected chi connectivity index (χ0v) is 33.9. The van der Waals surface area contributed by atoms with Crippen molar-refractivity contribution in [1.29, 1.82) is 0 Å². The minimum Gasteiger partial charge on any atom is -0.391 e. The third kappa shape index (κ3) is 13.2. The van der Waals surface area contributed by atoms with Crippen LogP contribution in [0.1, 0.15) is 168 Å². The number of piperidine rings is 2. The van der Waals surface area contributed by atoms with Crippen LogP contribution in [0.25, 0.3) is 0 Å². The predicted molar refractivity (Wildman–Crippen MR) is 198 cm³/mol. The summed E-state index contributed by atoms with van der Waals surface area (Å²) in [5.41, 5.74) is -0.236. The predicted octanol–water partition coefficient (Wildman–Crippen LogP) is 8.09. The van der Waals surface area contributed by atoms with Crippen LogP contribution in [0.5, 0.6) is 0 Å². The molecule has 2 atom stereocenters. The number of aldehydes is 1. The highest BCUT2D eigenvalue weighted by Gasteiger charge is 2.48. The van der Waals surface area contributed by atoms with Gasteiger partial charge in [-0.15, -0.1) is 0 Å². The highest BCUT2D eigenvalue weighted by atomic mass is 16.7. The SMILES string of the molecule is CC(O)COC1CC(C)(C)N(OC2CCCCC2)C(C)(C)C1.CN(C(=O)C(CC=O)C(C)(C)CC(C)(C)C)C1CC(C)(C)NC(C)(C)C1. The molecule has 2 N–H and O–H groups in total. The Morgan fingerprint density at radius 1 is 0.896 bits per heavy atom. The second-order valence-corrected chi connectivity index (χ2v) is 20.1. The van der Waals surface area contributed by atoms with Crippen LogP contribution in [0.4, 0.5) is 0 Å². The number of aliphatic hydroxyl groups excluding tert-OH is 1. The molecule has 2 aliphatic heterocycles. The average molecular weight is 680 g/mol. The van der Waals surface area contributed by atoms with Crippen molar-refractivity contribution in [1.82, 2.24) is 15.3 Å². The molecule has 1 amide bonds. The van der Waals surface area contributed by atoms with E-state index in [1.165, 1.54) is 32.1 Å². The number of hydroxylamine groups is 2. The number of ether oxygens (including phenoxy) is 1. The first kappa shape index (κ1) is 43.1. The van der Waals surface area contributed by atoms with Crippen LogP contribution in [0.3, 0.4) is 0 Å². The Kier molecular flexibility index (Phi) is 14.8. The van der Waals surface area contributed by atoms with Crippen molar-refractivity contribution in [3.63, 3.8) is 0 Å². The van der Waals surface area contributed by atoms with Gasteiger partial charge in [-0.25, -0.2) is 0 Å². The molecule has 1 saturated carbocycles. The van der Waals surface area contributed by atoms with Gasteiger partial charge in [0.25, 0.3) is 0 Å². The number of hydrogen-bond donors (Lipinski definition) is 2. The van der Waals surface area contributed by atoms with Crippen LogP contribution in [0.15, 0.2) is 0 Å². The second kappa shape index (κ2) is 16.5. The van der Waals surface area contributed by atoms with Crippen LogP contribution < -0.4 is 5.32 Å². The fourth-order valence-electron chi connectivity index (χ4n) is 9.48. The number of hydrogen-bond acceptors (Lipinski definition) is 7. The fraction of sp³-hybridized carbons (Fsp3) is 0.950. The summed E-state index contributed by atoms with van der Waals surface area (Å²) in [4.78, 5) is 33.2. The first-order chi connectivity index (χ1) is 21.7. The zero-order chi connectivity index (χ0) is 36.9. The molecule has 3 rings (SSSR count). The summed E-state index contributed by atoms with van der Waals surface area (Å²) in [6, 6.07) is 0.188. The van der Waals surface area contributed by atoms with E-state index in [1.807, 2.05) is 11.9 Å². The van der Waals surface area contributed by atoms with Crippen LogP contribution in [-0.2, 0) is 19.2 Å². The van der Waals surface area contributed by atoms with Gasteiger partial charge >= 0.3 is 0 Å². The van der Waals surface area contributed by atoms with Crippen LogP contribution >= 0.6 is 0 Å². The lowest BCUT2D eigenvalue weighted by atomic mass is 9.67. The van der Waals surface area contributed by atoms with Gasteiger partial charge in [0, 0.05) is 47.6 Å². The van der Waals surface area contributed by atoms with E-state index in [0.717, 1.165) is 38.4 Å². The van der Waals surface area contributed by atoms with E-state index in [4.69, 9.17) is 9.57 Å². The van der Waals surface area contributed by atoms with Gasteiger partial charge < -0.3 is 24.9 Å². The molecule has 0 aromatic rings. The molecule has 1 aliphatic carbocycles. The summed E-state index contributed by atoms with van der Waals surface area (Å²) in [7, 11) is 1.93. The van der Waals surface area contributed by atoms with Gasteiger partial charge in [-0.2, -0.15) is 5.06 Å². The number of rotatable bonds is 11. The summed E-state index contributed by atoms with van der Waals surface area (Å²) >= 11 is 0. The van der Waals surface area contributed by atoms with Gasteiger partial charge in [0.2, 0.25) is 5.91 Å². The zero-order valence-electron chi connectivity index (χ0n) is 33.9. The molecule has 0 radical (unpaired) electrons. The number of carbonyl (C=O) groups is 2. The van der Waals surface area contributed by atoms with Crippen molar-refractivity contribution >= 4 is 12.2 Å². The van der Waals surface area contributed by atoms with Gasteiger partial charge in [-0.1, -0.05) is 53.9 Å². The summed E-state index contributed by atoms with van der Waals surface area (Å²) in [5, 5.41) is 15.4. The normalized spacial score (nSPS) is 25.0. The molecule has 8 heteroatoms. The monoisotopic (exact) mass is 680 g/mol. The van der Waals surface area contributed by atoms with E-state index >= 15 is 0 Å². The smallest absolute Gasteiger partial charge is 0.226 e. The lowest BCUT2D eigenvalue weighted by molar-refractivity contribution is -0.319. The largest absolute Gasteiger partial charge is 0.391 e. The highest BCUT2D eigenvalue weighted by molar-refractivity contribution is 5.82. The summed E-state index contributed by atoms with van der Waals surface area (Å²) in [6.45, 7) is 30.8. The number of aliphatic hydroxyl groups is 1. The third-order valence-corrected chi connectivity index (χ3v) is 10.6. The minimum atomic E-state index is -0.400. The maximum atomic E-state index is 13.4. The van der Waals surface area contributed by atoms with Gasteiger partial charge in [0.1, 0.15) is 6.29 Å². The van der Waals surface area contributed by atoms with Crippen molar-refractivity contribution in [2.75, 3.05) is 13.7 Å². The van der Waals surface area contributed by atoms with Gasteiger partial charge in [0.05, 0.1) is 24.9 Å². The number of nitrogens with zero attached hydrogens (tertiary/aromatic N) is 2. The van der Waals surface area contributed by atoms with E-state index in [9.17, 15) is 14.7 Å². The summed E-state index contributed by atoms with van der Waals surface area (Å²) < 4.78 is 5.92. The Balaban J connectivity index is 0.000000338. The molecular weight excluding hydrogens is 602 g/mol. The van der Waals surface area contributed by atoms with E-state index < -0.39 is 6.10 Å². The lowest BCUT2D eigenvalue weighted by Gasteiger charge is -2.54. The molecule has 0 spiro atoms. The minimum absolute atomic E-state index is 0.0119. The Bertz CT molecular complexity index is 988. The van der Waals surface area contributed by atoms with Gasteiger partial charge in [0.15, 0.2) is 0 Å². The molecule has 3 aliphatic rings. The fourth-order valence-corrected chi connectivity index (χ4v) is 9.48. The average Bonchev–Trinajstić information content (AvgIpc) is 2.89. The van der Waals surface area contributed by atoms with Crippen LogP contribution in [0, 0.1) is 16.7 Å². The molecule has 2 heterocycles. The molecule has 0 bridgehead atoms. The molecule has 282 valence electrons. The van der Waals surface area contributed by atoms with Crippen molar-refractivity contribution < 1.29 is 24.3 Å². The Morgan fingerprint density at radius 3 is 1.83 bits per heavy atom. The van der Waals surface area contributed by atoms with E-state index in [1.54, 1.807) is 6.92 Å². The molecule has 0 aromatic carbocycles. The van der Waals surface area contributed by atoms with Crippen LogP contribution in [0.2, 0.25) is 0 Å². The highest BCUT2D eigenvalue weighted by Crippen LogP contribution is 2.43. The molecule has 2 unspecified atom stereocenters. The molecule has 48 heavy (non-hydrogen) atoms. The van der Waals surface area contributed by atoms with Crippen molar-refractivity contribution in [3.05, 3.63) is 0 Å². The van der Waals surface area contributed by atoms with Crippen molar-refractivity contribution in [2.45, 2.75) is 214 Å². The topological polar surface area (TPSA) is 91.3 Å². The molecule has 3 fully saturated rings. The second-order valence-electron chi connectivity index (χ2n) is 20.1. The van der Waals surface area contributed by atoms with E-state index in [-0.39, 0.29) is 57.0 Å². The van der Waals surface area contributed by atoms with Crippen molar-refractivity contribution in [3.8, 4) is 0 Å². The Morgan fingerprint density at radius 2 is 1.40 bits per heavy atom. The lowest BCUT2D eigenvalue weighted by Crippen LogP contribution is -2.63. The number of nitrogens with one attached hydrogen (secondary N) is 1. The Labute approximate surface area is 295 Å². The standard InChI is InChI=1S/C22H42N2O2.C18H35NO3/c1-19(2,3)15-20(4,5)17(11-12-25)18(26)24(10)16-13-21(6,7)23-22(8,9)14-16;1-14(20)13-21-16-11-17(2,3)19(18(4,5)12-16)22-15-9-7-6-8-10-15/h12,16-17,23H,11,13-15H2,1-10H3;14-16,20H,6-13H2,1-5H3. The maximum absolute atomic E-state index is 13.4. The van der Waals surface area contributed by atoms with Crippen molar-refractivity contribution in [2.24, 2.45) is 16.7 Å². The van der Waals surface area contributed by atoms with E-state index in [0.29, 0.717) is 19.1 Å². The first-order valence-electron chi connectivity index (χ1n) is 19.0. The summed E-state index contributed by atoms with van der Waals surface area (Å²) in [6.07, 6.45) is 12.3. The maximum Gasteiger partial charge on any atom is 0.226 e. The summed E-state index contributed by atoms with van der Waals surface area (Å²) in [5.74, 6) is -0.157. The van der Waals surface area contributed by atoms with Crippen LogP contribution in [-0.4, -0.2) is 87.4 Å². The number of amides is 1. The molecule has 2 saturated heterocycles. The van der Waals surface area contributed by atoms with Gasteiger partial charge in [-0.05, 0) is 118 Å². The Hall–Kier alpha value is -1.06. The third-order valence-electron chi connectivity index (χ3n) is 10.6. The molecular formula is C40H77N3O5.